The highest BCUT2D eigenvalue weighted by Gasteiger charge is 1.85. The first-order valence-corrected chi connectivity index (χ1v) is 2.74. The predicted octanol–water partition coefficient (Wildman–Crippen LogP) is 0.679. The lowest BCUT2D eigenvalue weighted by molar-refractivity contribution is -0.117. The SMILES string of the molecule is Cl.NC(=O)CCBr. The van der Waals surface area contributed by atoms with Crippen LogP contribution in [-0.2, 0) is 4.79 Å². The van der Waals surface area contributed by atoms with E-state index in [1.807, 2.05) is 0 Å². The maximum atomic E-state index is 9.79. The number of hydrogen-bond donors (Lipinski definition) is 1. The summed E-state index contributed by atoms with van der Waals surface area (Å²) in [6.07, 6.45) is 0.431. The molecule has 2 N–H and O–H groups in total. The molecule has 0 radical (unpaired) electrons. The van der Waals surface area contributed by atoms with Crippen molar-refractivity contribution in [1.82, 2.24) is 0 Å². The van der Waals surface area contributed by atoms with E-state index in [0.717, 1.165) is 0 Å². The fourth-order valence-corrected chi connectivity index (χ4v) is 0.484. The van der Waals surface area contributed by atoms with Gasteiger partial charge in [0.25, 0.3) is 0 Å². The Bertz CT molecular complexity index is 58.9. The van der Waals surface area contributed by atoms with E-state index in [4.69, 9.17) is 5.73 Å². The molecule has 7 heavy (non-hydrogen) atoms. The van der Waals surface area contributed by atoms with Gasteiger partial charge in [0.2, 0.25) is 5.91 Å². The summed E-state index contributed by atoms with van der Waals surface area (Å²) in [6, 6.07) is 0. The lowest BCUT2D eigenvalue weighted by Crippen LogP contribution is -2.09. The molecule has 4 heteroatoms. The second kappa shape index (κ2) is 6.24. The molecule has 0 saturated carbocycles. The van der Waals surface area contributed by atoms with Crippen LogP contribution in [-0.4, -0.2) is 11.2 Å². The molecular formula is C3H7BrClNO. The van der Waals surface area contributed by atoms with Gasteiger partial charge in [-0.1, -0.05) is 15.9 Å². The second-order valence-electron chi connectivity index (χ2n) is 0.905. The summed E-state index contributed by atoms with van der Waals surface area (Å²) in [5.41, 5.74) is 4.73. The van der Waals surface area contributed by atoms with Gasteiger partial charge in [0.05, 0.1) is 0 Å². The first kappa shape index (κ1) is 10.3. The number of nitrogens with two attached hydrogens (primary N) is 1. The van der Waals surface area contributed by atoms with Crippen molar-refractivity contribution < 1.29 is 4.79 Å². The first-order valence-electron chi connectivity index (χ1n) is 1.61. The van der Waals surface area contributed by atoms with Crippen molar-refractivity contribution in [3.63, 3.8) is 0 Å². The highest BCUT2D eigenvalue weighted by molar-refractivity contribution is 9.09. The Kier molecular flexibility index (Phi) is 9.15. The molecule has 1 amide bonds. The molecule has 0 saturated heterocycles. The third kappa shape index (κ3) is 10.7. The number of amides is 1. The standard InChI is InChI=1S/C3H6BrNO.ClH/c4-2-1-3(5)6;/h1-2H2,(H2,5,6);1H. The number of carbonyl (C=O) groups is 1. The predicted molar refractivity (Wildman–Crippen MR) is 34.9 cm³/mol. The minimum atomic E-state index is -0.258. The Balaban J connectivity index is 0. The maximum Gasteiger partial charge on any atom is 0.218 e. The van der Waals surface area contributed by atoms with Crippen LogP contribution in [0, 0.1) is 0 Å². The topological polar surface area (TPSA) is 43.1 Å². The first-order chi connectivity index (χ1) is 2.77. The van der Waals surface area contributed by atoms with Crippen LogP contribution in [0.4, 0.5) is 0 Å². The van der Waals surface area contributed by atoms with Crippen LogP contribution >= 0.6 is 28.3 Å². The summed E-state index contributed by atoms with van der Waals surface area (Å²) in [7, 11) is 0. The van der Waals surface area contributed by atoms with E-state index in [0.29, 0.717) is 11.8 Å². The number of hydrogen-bond acceptors (Lipinski definition) is 1. The van der Waals surface area contributed by atoms with Crippen molar-refractivity contribution in [1.29, 1.82) is 0 Å². The zero-order valence-electron chi connectivity index (χ0n) is 3.69. The molecule has 0 heterocycles. The zero-order valence-corrected chi connectivity index (χ0v) is 6.09. The number of halogens is 2. The minimum absolute atomic E-state index is 0. The summed E-state index contributed by atoms with van der Waals surface area (Å²) in [5, 5.41) is 0.669. The highest BCUT2D eigenvalue weighted by atomic mass is 79.9. The van der Waals surface area contributed by atoms with Gasteiger partial charge in [0, 0.05) is 11.8 Å². The number of rotatable bonds is 2. The summed E-state index contributed by atoms with van der Waals surface area (Å²) in [6.45, 7) is 0. The minimum Gasteiger partial charge on any atom is -0.370 e. The molecule has 0 aromatic heterocycles. The smallest absolute Gasteiger partial charge is 0.218 e. The van der Waals surface area contributed by atoms with Crippen LogP contribution in [0.25, 0.3) is 0 Å². The lowest BCUT2D eigenvalue weighted by atomic mass is 10.5. The molecule has 0 bridgehead atoms. The molecule has 0 fully saturated rings. The quantitative estimate of drug-likeness (QED) is 0.636. The average Bonchev–Trinajstić information content (AvgIpc) is 1.35. The van der Waals surface area contributed by atoms with Crippen LogP contribution in [0.3, 0.4) is 0 Å². The van der Waals surface area contributed by atoms with E-state index >= 15 is 0 Å². The van der Waals surface area contributed by atoms with Gasteiger partial charge in [-0.3, -0.25) is 4.79 Å². The maximum absolute atomic E-state index is 9.79. The van der Waals surface area contributed by atoms with Gasteiger partial charge in [-0.05, 0) is 0 Å². The van der Waals surface area contributed by atoms with Gasteiger partial charge in [0.15, 0.2) is 0 Å². The van der Waals surface area contributed by atoms with E-state index < -0.39 is 0 Å². The molecule has 0 aromatic rings. The van der Waals surface area contributed by atoms with E-state index in [9.17, 15) is 4.79 Å². The summed E-state index contributed by atoms with van der Waals surface area (Å²) in [4.78, 5) is 9.79. The van der Waals surface area contributed by atoms with Crippen LogP contribution in [0.2, 0.25) is 0 Å². The van der Waals surface area contributed by atoms with Crippen LogP contribution in [0.5, 0.6) is 0 Å². The largest absolute Gasteiger partial charge is 0.370 e. The Morgan fingerprint density at radius 3 is 2.14 bits per heavy atom. The van der Waals surface area contributed by atoms with Gasteiger partial charge < -0.3 is 5.73 Å². The summed E-state index contributed by atoms with van der Waals surface area (Å²) in [5.74, 6) is -0.258. The van der Waals surface area contributed by atoms with E-state index in [2.05, 4.69) is 15.9 Å². The Morgan fingerprint density at radius 2 is 2.14 bits per heavy atom. The van der Waals surface area contributed by atoms with Crippen molar-refractivity contribution in [2.24, 2.45) is 5.73 Å². The second-order valence-corrected chi connectivity index (χ2v) is 1.70. The lowest BCUT2D eigenvalue weighted by Gasteiger charge is -1.80. The van der Waals surface area contributed by atoms with Crippen LogP contribution < -0.4 is 5.73 Å². The van der Waals surface area contributed by atoms with Crippen LogP contribution in [0.1, 0.15) is 6.42 Å². The summed E-state index contributed by atoms with van der Waals surface area (Å²) < 4.78 is 0. The third-order valence-electron chi connectivity index (χ3n) is 0.341. The summed E-state index contributed by atoms with van der Waals surface area (Å²) >= 11 is 3.05. The molecule has 2 nitrogen and oxygen atoms in total. The fraction of sp³-hybridized carbons (Fsp3) is 0.667. The monoisotopic (exact) mass is 187 g/mol. The average molecular weight is 188 g/mol. The Labute approximate surface area is 57.0 Å². The Morgan fingerprint density at radius 1 is 1.71 bits per heavy atom. The normalized spacial score (nSPS) is 7.00. The third-order valence-corrected chi connectivity index (χ3v) is 0.737. The van der Waals surface area contributed by atoms with Gasteiger partial charge in [0.1, 0.15) is 0 Å². The molecule has 0 aliphatic rings. The molecule has 0 aliphatic heterocycles. The molecular weight excluding hydrogens is 181 g/mol. The number of alkyl halides is 1. The van der Waals surface area contributed by atoms with Crippen molar-refractivity contribution in [3.8, 4) is 0 Å². The Hall–Kier alpha value is 0.240. The number of primary amides is 1. The molecule has 0 aliphatic carbocycles. The van der Waals surface area contributed by atoms with Gasteiger partial charge in [-0.25, -0.2) is 0 Å². The zero-order chi connectivity index (χ0) is 4.99. The molecule has 44 valence electrons. The highest BCUT2D eigenvalue weighted by Crippen LogP contribution is 1.82. The van der Waals surface area contributed by atoms with Gasteiger partial charge >= 0.3 is 0 Å². The van der Waals surface area contributed by atoms with Crippen molar-refractivity contribution in [2.45, 2.75) is 6.42 Å². The van der Waals surface area contributed by atoms with Gasteiger partial charge in [-0.2, -0.15) is 0 Å². The van der Waals surface area contributed by atoms with E-state index in [1.165, 1.54) is 0 Å². The molecule has 0 unspecified atom stereocenters. The van der Waals surface area contributed by atoms with Crippen molar-refractivity contribution in [2.75, 3.05) is 5.33 Å². The van der Waals surface area contributed by atoms with E-state index in [-0.39, 0.29) is 18.3 Å². The molecule has 0 aromatic carbocycles. The van der Waals surface area contributed by atoms with Crippen molar-refractivity contribution >= 4 is 34.2 Å². The molecule has 0 rings (SSSR count). The number of carbonyl (C=O) groups excluding carboxylic acids is 1. The van der Waals surface area contributed by atoms with Crippen LogP contribution in [0.15, 0.2) is 0 Å². The van der Waals surface area contributed by atoms with Crippen molar-refractivity contribution in [3.05, 3.63) is 0 Å². The van der Waals surface area contributed by atoms with Gasteiger partial charge in [-0.15, -0.1) is 12.4 Å². The molecule has 0 spiro atoms. The van der Waals surface area contributed by atoms with E-state index in [1.54, 1.807) is 0 Å². The molecule has 0 atom stereocenters. The fourth-order valence-electron chi connectivity index (χ4n) is 0.0931.